The van der Waals surface area contributed by atoms with Gasteiger partial charge in [-0.1, -0.05) is 53.7 Å². The van der Waals surface area contributed by atoms with Crippen molar-refractivity contribution >= 4 is 46.0 Å². The maximum Gasteiger partial charge on any atom is 0.255 e. The van der Waals surface area contributed by atoms with E-state index < -0.39 is 6.04 Å². The van der Waals surface area contributed by atoms with Gasteiger partial charge in [0.15, 0.2) is 0 Å². The van der Waals surface area contributed by atoms with Crippen LogP contribution in [-0.4, -0.2) is 29.6 Å². The third kappa shape index (κ3) is 4.34. The largest absolute Gasteiger partial charge is 0.334 e. The Morgan fingerprint density at radius 1 is 1.04 bits per heavy atom. The minimum atomic E-state index is -2.11. The number of carbonyl (C=O) groups is 1. The van der Waals surface area contributed by atoms with Crippen LogP contribution in [0.2, 0.25) is 5.02 Å². The first-order valence-corrected chi connectivity index (χ1v) is 12.0. The van der Waals surface area contributed by atoms with Crippen LogP contribution in [0, 0.1) is 0 Å². The molecule has 0 saturated heterocycles. The van der Waals surface area contributed by atoms with Crippen molar-refractivity contribution in [3.05, 3.63) is 59.1 Å². The topological polar surface area (TPSA) is 20.3 Å². The van der Waals surface area contributed by atoms with Crippen molar-refractivity contribution < 1.29 is 4.79 Å². The lowest BCUT2D eigenvalue weighted by Gasteiger charge is -2.32. The van der Waals surface area contributed by atoms with Gasteiger partial charge in [0.05, 0.1) is 0 Å². The van der Waals surface area contributed by atoms with Gasteiger partial charge in [0.25, 0.3) is 5.91 Å². The SMILES string of the molecule is CC(C)N(C(=O)c1ccc(Cl)cc1P(C)(=S)c1ccccc1)C(C)C. The summed E-state index contributed by atoms with van der Waals surface area (Å²) in [6.07, 6.45) is 0. The van der Waals surface area contributed by atoms with Crippen LogP contribution >= 0.6 is 17.6 Å². The first-order valence-electron chi connectivity index (χ1n) is 8.42. The molecule has 5 heteroatoms. The molecule has 2 aromatic carbocycles. The normalized spacial score (nSPS) is 13.8. The summed E-state index contributed by atoms with van der Waals surface area (Å²) in [5.74, 6) is 0.0173. The van der Waals surface area contributed by atoms with Crippen LogP contribution < -0.4 is 10.6 Å². The molecule has 2 rings (SSSR count). The molecule has 1 unspecified atom stereocenters. The summed E-state index contributed by atoms with van der Waals surface area (Å²) in [4.78, 5) is 15.2. The summed E-state index contributed by atoms with van der Waals surface area (Å²) in [7, 11) is 0. The Kier molecular flexibility index (Phi) is 6.48. The number of benzene rings is 2. The Bertz CT molecular complexity index is 797. The Morgan fingerprint density at radius 3 is 2.12 bits per heavy atom. The summed E-state index contributed by atoms with van der Waals surface area (Å²) >= 11 is 12.3. The highest BCUT2D eigenvalue weighted by molar-refractivity contribution is 8.21. The molecule has 0 fully saturated rings. The molecule has 0 aromatic heterocycles. The number of nitrogens with zero attached hydrogens (tertiary/aromatic N) is 1. The van der Waals surface area contributed by atoms with Gasteiger partial charge in [0.1, 0.15) is 0 Å². The molecular weight excluding hydrogens is 369 g/mol. The molecule has 2 aromatic rings. The lowest BCUT2D eigenvalue weighted by Crippen LogP contribution is -2.43. The minimum Gasteiger partial charge on any atom is -0.334 e. The Balaban J connectivity index is 2.63. The Morgan fingerprint density at radius 2 is 1.60 bits per heavy atom. The van der Waals surface area contributed by atoms with E-state index in [1.165, 1.54) is 0 Å². The van der Waals surface area contributed by atoms with E-state index >= 15 is 0 Å². The van der Waals surface area contributed by atoms with Gasteiger partial charge in [-0.25, -0.2) is 0 Å². The monoisotopic (exact) mass is 393 g/mol. The molecule has 25 heavy (non-hydrogen) atoms. The number of halogens is 1. The molecule has 134 valence electrons. The van der Waals surface area contributed by atoms with Crippen LogP contribution in [0.4, 0.5) is 0 Å². The van der Waals surface area contributed by atoms with Crippen LogP contribution in [-0.2, 0) is 11.8 Å². The highest BCUT2D eigenvalue weighted by Gasteiger charge is 2.28. The number of amides is 1. The van der Waals surface area contributed by atoms with Crippen LogP contribution in [0.15, 0.2) is 48.5 Å². The number of rotatable bonds is 5. The van der Waals surface area contributed by atoms with Crippen LogP contribution in [0.1, 0.15) is 38.1 Å². The Hall–Kier alpha value is -1.15. The fourth-order valence-electron chi connectivity index (χ4n) is 3.09. The van der Waals surface area contributed by atoms with E-state index in [2.05, 4.69) is 6.66 Å². The second-order valence-electron chi connectivity index (χ2n) is 6.82. The average Bonchev–Trinajstić information content (AvgIpc) is 2.54. The van der Waals surface area contributed by atoms with Crippen molar-refractivity contribution in [2.75, 3.05) is 6.66 Å². The van der Waals surface area contributed by atoms with Gasteiger partial charge in [0, 0.05) is 34.0 Å². The lowest BCUT2D eigenvalue weighted by molar-refractivity contribution is 0.0645. The third-order valence-electron chi connectivity index (χ3n) is 4.25. The molecule has 0 bridgehead atoms. The Labute approximate surface area is 161 Å². The van der Waals surface area contributed by atoms with Gasteiger partial charge in [-0.05, 0) is 57.9 Å². The van der Waals surface area contributed by atoms with E-state index in [1.807, 2.05) is 75.1 Å². The summed E-state index contributed by atoms with van der Waals surface area (Å²) in [5.41, 5.74) is 0.668. The fourth-order valence-corrected chi connectivity index (χ4v) is 6.20. The molecular formula is C20H25ClNOPS. The highest BCUT2D eigenvalue weighted by atomic mass is 35.5. The molecule has 0 saturated carbocycles. The predicted molar refractivity (Wildman–Crippen MR) is 114 cm³/mol. The minimum absolute atomic E-state index is 0.0173. The molecule has 1 amide bonds. The third-order valence-corrected chi connectivity index (χ3v) is 8.28. The van der Waals surface area contributed by atoms with E-state index in [9.17, 15) is 4.79 Å². The molecule has 0 aliphatic heterocycles. The number of carbonyl (C=O) groups excluding carboxylic acids is 1. The van der Waals surface area contributed by atoms with Crippen molar-refractivity contribution in [1.82, 2.24) is 4.90 Å². The van der Waals surface area contributed by atoms with E-state index in [0.717, 1.165) is 10.6 Å². The van der Waals surface area contributed by atoms with Gasteiger partial charge >= 0.3 is 0 Å². The molecule has 0 radical (unpaired) electrons. The van der Waals surface area contributed by atoms with Crippen molar-refractivity contribution in [3.8, 4) is 0 Å². The molecule has 0 heterocycles. The van der Waals surface area contributed by atoms with Crippen LogP contribution in [0.3, 0.4) is 0 Å². The van der Waals surface area contributed by atoms with Crippen molar-refractivity contribution in [1.29, 1.82) is 0 Å². The zero-order chi connectivity index (χ0) is 18.8. The first-order chi connectivity index (χ1) is 11.7. The van der Waals surface area contributed by atoms with Gasteiger partial charge in [-0.2, -0.15) is 0 Å². The van der Waals surface area contributed by atoms with Crippen molar-refractivity contribution in [2.24, 2.45) is 0 Å². The van der Waals surface area contributed by atoms with Crippen molar-refractivity contribution in [2.45, 2.75) is 39.8 Å². The lowest BCUT2D eigenvalue weighted by atomic mass is 10.1. The maximum atomic E-state index is 13.3. The van der Waals surface area contributed by atoms with Crippen LogP contribution in [0.5, 0.6) is 0 Å². The van der Waals surface area contributed by atoms with Gasteiger partial charge < -0.3 is 4.90 Å². The van der Waals surface area contributed by atoms with Gasteiger partial charge in [-0.15, -0.1) is 0 Å². The number of hydrogen-bond acceptors (Lipinski definition) is 2. The molecule has 0 spiro atoms. The number of hydrogen-bond donors (Lipinski definition) is 0. The average molecular weight is 394 g/mol. The molecule has 0 aliphatic carbocycles. The van der Waals surface area contributed by atoms with Gasteiger partial charge in [-0.3, -0.25) is 4.79 Å². The summed E-state index contributed by atoms with van der Waals surface area (Å²) in [5, 5.41) is 2.58. The van der Waals surface area contributed by atoms with Gasteiger partial charge in [0.2, 0.25) is 0 Å². The smallest absolute Gasteiger partial charge is 0.255 e. The molecule has 1 atom stereocenters. The highest BCUT2D eigenvalue weighted by Crippen LogP contribution is 2.41. The summed E-state index contributed by atoms with van der Waals surface area (Å²) < 4.78 is 0. The van der Waals surface area contributed by atoms with E-state index in [0.29, 0.717) is 10.6 Å². The molecule has 0 aliphatic rings. The first kappa shape index (κ1) is 20.2. The summed E-state index contributed by atoms with van der Waals surface area (Å²) in [6.45, 7) is 10.2. The molecule has 0 N–H and O–H groups in total. The fraction of sp³-hybridized carbons (Fsp3) is 0.350. The predicted octanol–water partition coefficient (Wildman–Crippen LogP) is 4.66. The van der Waals surface area contributed by atoms with Crippen LogP contribution in [0.25, 0.3) is 0 Å². The van der Waals surface area contributed by atoms with E-state index in [4.69, 9.17) is 23.4 Å². The zero-order valence-electron chi connectivity index (χ0n) is 15.4. The van der Waals surface area contributed by atoms with E-state index in [1.54, 1.807) is 6.07 Å². The van der Waals surface area contributed by atoms with E-state index in [-0.39, 0.29) is 18.0 Å². The zero-order valence-corrected chi connectivity index (χ0v) is 17.8. The summed E-state index contributed by atoms with van der Waals surface area (Å²) in [6, 6.07) is 13.6. The van der Waals surface area contributed by atoms with Crippen molar-refractivity contribution in [3.63, 3.8) is 0 Å². The standard InChI is InChI=1S/C20H25ClNOPS/c1-14(2)22(15(3)4)20(23)18-12-11-16(21)13-19(18)24(5,25)17-9-7-6-8-10-17/h6-15H,1-5H3. The maximum absolute atomic E-state index is 13.3. The second kappa shape index (κ2) is 8.03. The second-order valence-corrected chi connectivity index (χ2v) is 12.3. The quantitative estimate of drug-likeness (QED) is 0.688. The molecule has 2 nitrogen and oxygen atoms in total.